The fraction of sp³-hybridized carbons (Fsp3) is 0.143. The number of pyridine rings is 1. The molecule has 4 aromatic rings. The van der Waals surface area contributed by atoms with E-state index >= 15 is 0 Å². The summed E-state index contributed by atoms with van der Waals surface area (Å²) in [6.45, 7) is 0.160. The van der Waals surface area contributed by atoms with Crippen LogP contribution in [0.15, 0.2) is 70.4 Å². The highest BCUT2D eigenvalue weighted by Crippen LogP contribution is 2.15. The highest BCUT2D eigenvalue weighted by atomic mass is 16.2. The number of rotatable bonds is 5. The smallest absolute Gasteiger partial charge is 0.273 e. The molecule has 0 aliphatic carbocycles. The van der Waals surface area contributed by atoms with Crippen LogP contribution in [0, 0.1) is 0 Å². The van der Waals surface area contributed by atoms with E-state index in [0.717, 1.165) is 21.1 Å². The molecule has 2 heterocycles. The number of fused-ring (bicyclic) bond motifs is 2. The van der Waals surface area contributed by atoms with Gasteiger partial charge >= 0.3 is 0 Å². The van der Waals surface area contributed by atoms with Crippen LogP contribution in [0.3, 0.4) is 0 Å². The molecule has 2 aromatic carbocycles. The molecule has 0 radical (unpaired) electrons. The van der Waals surface area contributed by atoms with Gasteiger partial charge in [-0.25, -0.2) is 4.68 Å². The number of hydrogen-bond donors (Lipinski definition) is 2. The van der Waals surface area contributed by atoms with Crippen LogP contribution in [0.25, 0.3) is 21.7 Å². The number of amides is 1. The first-order valence-electron chi connectivity index (χ1n) is 8.94. The minimum absolute atomic E-state index is 0.243. The molecular weight excluding hydrogens is 356 g/mol. The Morgan fingerprint density at radius 3 is 2.64 bits per heavy atom. The SMILES string of the molecule is O=C(Cn1[nH]c(=O)c2ccccc2c1=O)NCCc1cccc2cccnc12. The van der Waals surface area contributed by atoms with Crippen molar-refractivity contribution in [1.82, 2.24) is 20.1 Å². The lowest BCUT2D eigenvalue weighted by atomic mass is 10.1. The number of para-hydroxylation sites is 1. The molecule has 7 nitrogen and oxygen atoms in total. The monoisotopic (exact) mass is 374 g/mol. The molecule has 0 saturated heterocycles. The maximum absolute atomic E-state index is 12.5. The Morgan fingerprint density at radius 1 is 1.00 bits per heavy atom. The molecule has 0 fully saturated rings. The second-order valence-corrected chi connectivity index (χ2v) is 6.47. The van der Waals surface area contributed by atoms with E-state index in [0.29, 0.717) is 23.7 Å². The second-order valence-electron chi connectivity index (χ2n) is 6.47. The molecule has 4 rings (SSSR count). The summed E-state index contributed by atoms with van der Waals surface area (Å²) >= 11 is 0. The van der Waals surface area contributed by atoms with E-state index in [4.69, 9.17) is 0 Å². The molecule has 0 aliphatic rings. The van der Waals surface area contributed by atoms with E-state index < -0.39 is 11.1 Å². The number of hydrogen-bond acceptors (Lipinski definition) is 4. The van der Waals surface area contributed by atoms with E-state index in [1.807, 2.05) is 30.3 Å². The Hall–Kier alpha value is -3.74. The molecule has 1 amide bonds. The normalized spacial score (nSPS) is 11.0. The molecular formula is C21H18N4O3. The minimum Gasteiger partial charge on any atom is -0.354 e. The standard InChI is InChI=1S/C21H18N4O3/c26-18(13-25-21(28)17-9-2-1-8-16(17)20(27)24-25)22-12-10-15-6-3-5-14-7-4-11-23-19(14)15/h1-9,11H,10,12-13H2,(H,22,26)(H,24,27). The second kappa shape index (κ2) is 7.48. The Labute approximate surface area is 159 Å². The van der Waals surface area contributed by atoms with E-state index in [1.165, 1.54) is 0 Å². The van der Waals surface area contributed by atoms with Gasteiger partial charge in [0, 0.05) is 18.1 Å². The average molecular weight is 374 g/mol. The molecule has 0 unspecified atom stereocenters. The maximum Gasteiger partial charge on any atom is 0.273 e. The van der Waals surface area contributed by atoms with Crippen molar-refractivity contribution in [3.8, 4) is 0 Å². The molecule has 7 heteroatoms. The summed E-state index contributed by atoms with van der Waals surface area (Å²) in [5.74, 6) is -0.346. The zero-order chi connectivity index (χ0) is 19.5. The van der Waals surface area contributed by atoms with Gasteiger partial charge in [0.25, 0.3) is 11.1 Å². The van der Waals surface area contributed by atoms with E-state index in [9.17, 15) is 14.4 Å². The molecule has 0 bridgehead atoms. The largest absolute Gasteiger partial charge is 0.354 e. The van der Waals surface area contributed by atoms with Gasteiger partial charge in [0.1, 0.15) is 6.54 Å². The lowest BCUT2D eigenvalue weighted by molar-refractivity contribution is -0.121. The number of benzene rings is 2. The van der Waals surface area contributed by atoms with Crippen LogP contribution in [0.1, 0.15) is 5.56 Å². The van der Waals surface area contributed by atoms with Crippen LogP contribution in [-0.2, 0) is 17.8 Å². The molecule has 0 spiro atoms. The number of carbonyl (C=O) groups excluding carboxylic acids is 1. The number of nitrogens with zero attached hydrogens (tertiary/aromatic N) is 2. The van der Waals surface area contributed by atoms with Crippen LogP contribution in [0.4, 0.5) is 0 Å². The number of carbonyl (C=O) groups is 1. The van der Waals surface area contributed by atoms with Gasteiger partial charge < -0.3 is 5.32 Å². The van der Waals surface area contributed by atoms with Crippen molar-refractivity contribution in [2.24, 2.45) is 0 Å². The van der Waals surface area contributed by atoms with Gasteiger partial charge in [-0.3, -0.25) is 24.5 Å². The van der Waals surface area contributed by atoms with Gasteiger partial charge in [0.05, 0.1) is 16.3 Å². The van der Waals surface area contributed by atoms with Crippen molar-refractivity contribution in [3.05, 3.63) is 87.1 Å². The van der Waals surface area contributed by atoms with E-state index in [-0.39, 0.29) is 12.5 Å². The van der Waals surface area contributed by atoms with Crippen molar-refractivity contribution >= 4 is 27.6 Å². The summed E-state index contributed by atoms with van der Waals surface area (Å²) in [5.41, 5.74) is 1.15. The summed E-state index contributed by atoms with van der Waals surface area (Å²) in [6, 6.07) is 16.3. The minimum atomic E-state index is -0.399. The number of aromatic amines is 1. The highest BCUT2D eigenvalue weighted by molar-refractivity contribution is 5.82. The Morgan fingerprint density at radius 2 is 1.79 bits per heavy atom. The summed E-state index contributed by atoms with van der Waals surface area (Å²) in [7, 11) is 0. The Kier molecular flexibility index (Phi) is 4.72. The zero-order valence-electron chi connectivity index (χ0n) is 15.0. The maximum atomic E-state index is 12.5. The third-order valence-electron chi connectivity index (χ3n) is 4.62. The van der Waals surface area contributed by atoms with Gasteiger partial charge in [-0.05, 0) is 30.2 Å². The molecule has 2 aromatic heterocycles. The topological polar surface area (TPSA) is 96.9 Å². The lowest BCUT2D eigenvalue weighted by Gasteiger charge is -2.09. The predicted octanol–water partition coefficient (Wildman–Crippen LogP) is 1.60. The Bertz CT molecular complexity index is 1280. The first-order chi connectivity index (χ1) is 13.6. The third-order valence-corrected chi connectivity index (χ3v) is 4.62. The van der Waals surface area contributed by atoms with Crippen LogP contribution < -0.4 is 16.4 Å². The van der Waals surface area contributed by atoms with E-state index in [2.05, 4.69) is 15.4 Å². The Balaban J connectivity index is 1.45. The zero-order valence-corrected chi connectivity index (χ0v) is 15.0. The van der Waals surface area contributed by atoms with Crippen LogP contribution in [0.5, 0.6) is 0 Å². The third kappa shape index (κ3) is 3.42. The molecule has 0 saturated carbocycles. The average Bonchev–Trinajstić information content (AvgIpc) is 2.72. The molecule has 2 N–H and O–H groups in total. The fourth-order valence-corrected chi connectivity index (χ4v) is 3.26. The summed E-state index contributed by atoms with van der Waals surface area (Å²) in [6.07, 6.45) is 2.36. The molecule has 0 aliphatic heterocycles. The summed E-state index contributed by atoms with van der Waals surface area (Å²) in [5, 5.41) is 6.90. The van der Waals surface area contributed by atoms with Gasteiger partial charge in [-0.15, -0.1) is 0 Å². The van der Waals surface area contributed by atoms with Crippen molar-refractivity contribution in [2.45, 2.75) is 13.0 Å². The van der Waals surface area contributed by atoms with Crippen molar-refractivity contribution in [3.63, 3.8) is 0 Å². The van der Waals surface area contributed by atoms with Crippen molar-refractivity contribution in [2.75, 3.05) is 6.54 Å². The number of aromatic nitrogens is 3. The predicted molar refractivity (Wildman–Crippen MR) is 107 cm³/mol. The van der Waals surface area contributed by atoms with Gasteiger partial charge in [-0.2, -0.15) is 0 Å². The van der Waals surface area contributed by atoms with Gasteiger partial charge in [-0.1, -0.05) is 36.4 Å². The van der Waals surface area contributed by atoms with Crippen molar-refractivity contribution in [1.29, 1.82) is 0 Å². The molecule has 28 heavy (non-hydrogen) atoms. The number of nitrogens with one attached hydrogen (secondary N) is 2. The van der Waals surface area contributed by atoms with E-state index in [1.54, 1.807) is 30.5 Å². The quantitative estimate of drug-likeness (QED) is 0.554. The molecule has 140 valence electrons. The molecule has 0 atom stereocenters. The lowest BCUT2D eigenvalue weighted by Crippen LogP contribution is -2.37. The fourth-order valence-electron chi connectivity index (χ4n) is 3.26. The first-order valence-corrected chi connectivity index (χ1v) is 8.94. The summed E-state index contributed by atoms with van der Waals surface area (Å²) < 4.78 is 1.04. The van der Waals surface area contributed by atoms with Crippen LogP contribution >= 0.6 is 0 Å². The van der Waals surface area contributed by atoms with Crippen LogP contribution in [0.2, 0.25) is 0 Å². The van der Waals surface area contributed by atoms with Crippen molar-refractivity contribution < 1.29 is 4.79 Å². The number of H-pyrrole nitrogens is 1. The van der Waals surface area contributed by atoms with Gasteiger partial charge in [0.2, 0.25) is 5.91 Å². The highest BCUT2D eigenvalue weighted by Gasteiger charge is 2.10. The van der Waals surface area contributed by atoms with Gasteiger partial charge in [0.15, 0.2) is 0 Å². The first kappa shape index (κ1) is 17.7. The summed E-state index contributed by atoms with van der Waals surface area (Å²) in [4.78, 5) is 41.2. The van der Waals surface area contributed by atoms with Crippen LogP contribution in [-0.4, -0.2) is 27.2 Å².